The third-order valence-corrected chi connectivity index (χ3v) is 4.49. The lowest BCUT2D eigenvalue weighted by Crippen LogP contribution is -2.34. The Morgan fingerprint density at radius 1 is 1.35 bits per heavy atom. The Kier molecular flexibility index (Phi) is 5.68. The van der Waals surface area contributed by atoms with Crippen molar-refractivity contribution in [2.75, 3.05) is 13.2 Å². The molecule has 1 aliphatic heterocycles. The number of hydrogen-bond acceptors (Lipinski definition) is 5. The van der Waals surface area contributed by atoms with Gasteiger partial charge < -0.3 is 9.84 Å². The molecule has 2 N–H and O–H groups in total. The number of H-pyrrole nitrogens is 1. The van der Waals surface area contributed by atoms with E-state index in [2.05, 4.69) is 9.98 Å². The molecule has 0 radical (unpaired) electrons. The number of aliphatic imine (C=N–C) groups is 1. The third-order valence-electron chi connectivity index (χ3n) is 4.49. The molecule has 3 rings (SSSR count). The molecule has 1 fully saturated rings. The maximum Gasteiger partial charge on any atom is 0.331 e. The standard InChI is InChI=1S/C19H23N3O4/c1-2-15(20-11-14-9-6-10-26-14)16-17(23)21-19(25)22(18(16)24)12-13-7-4-3-5-8-13/h3-5,7-8,14,24H,2,6,9-12H2,1H3,(H,21,23,25)/t14-/m0/s1. The van der Waals surface area contributed by atoms with Crippen molar-refractivity contribution in [3.05, 3.63) is 62.3 Å². The van der Waals surface area contributed by atoms with Gasteiger partial charge in [0, 0.05) is 6.61 Å². The fraction of sp³-hybridized carbons (Fsp3) is 0.421. The average molecular weight is 357 g/mol. The van der Waals surface area contributed by atoms with Crippen molar-refractivity contribution in [2.45, 2.75) is 38.8 Å². The molecule has 0 unspecified atom stereocenters. The normalized spacial score (nSPS) is 17.6. The van der Waals surface area contributed by atoms with Gasteiger partial charge in [-0.3, -0.25) is 19.3 Å². The Balaban J connectivity index is 1.97. The summed E-state index contributed by atoms with van der Waals surface area (Å²) in [6.45, 7) is 3.20. The second-order valence-electron chi connectivity index (χ2n) is 6.31. The molecule has 138 valence electrons. The maximum atomic E-state index is 12.3. The van der Waals surface area contributed by atoms with Gasteiger partial charge in [-0.25, -0.2) is 4.79 Å². The van der Waals surface area contributed by atoms with Gasteiger partial charge in [0.05, 0.1) is 24.9 Å². The number of benzene rings is 1. The highest BCUT2D eigenvalue weighted by molar-refractivity contribution is 6.01. The molecule has 1 aromatic carbocycles. The highest BCUT2D eigenvalue weighted by Crippen LogP contribution is 2.17. The molecule has 0 spiro atoms. The number of aromatic nitrogens is 2. The van der Waals surface area contributed by atoms with E-state index in [-0.39, 0.29) is 24.1 Å². The zero-order chi connectivity index (χ0) is 18.5. The van der Waals surface area contributed by atoms with Crippen LogP contribution in [0, 0.1) is 0 Å². The van der Waals surface area contributed by atoms with Crippen LogP contribution in [-0.4, -0.2) is 39.6 Å². The van der Waals surface area contributed by atoms with Gasteiger partial charge in [0.15, 0.2) is 0 Å². The van der Waals surface area contributed by atoms with Crippen molar-refractivity contribution in [2.24, 2.45) is 4.99 Å². The number of hydrogen-bond donors (Lipinski definition) is 2. The quantitative estimate of drug-likeness (QED) is 0.769. The molecule has 1 saturated heterocycles. The number of rotatable bonds is 6. The summed E-state index contributed by atoms with van der Waals surface area (Å²) in [5, 5.41) is 10.6. The van der Waals surface area contributed by atoms with Crippen LogP contribution in [-0.2, 0) is 11.3 Å². The van der Waals surface area contributed by atoms with Gasteiger partial charge in [0.2, 0.25) is 5.88 Å². The molecule has 0 saturated carbocycles. The van der Waals surface area contributed by atoms with Crippen molar-refractivity contribution in [1.82, 2.24) is 9.55 Å². The van der Waals surface area contributed by atoms with Crippen LogP contribution in [0.25, 0.3) is 0 Å². The first kappa shape index (κ1) is 18.1. The molecule has 26 heavy (non-hydrogen) atoms. The van der Waals surface area contributed by atoms with E-state index in [4.69, 9.17) is 4.74 Å². The monoisotopic (exact) mass is 357 g/mol. The number of nitrogens with zero attached hydrogens (tertiary/aromatic N) is 2. The molecule has 7 nitrogen and oxygen atoms in total. The van der Waals surface area contributed by atoms with E-state index in [1.807, 2.05) is 37.3 Å². The van der Waals surface area contributed by atoms with E-state index in [0.29, 0.717) is 18.7 Å². The maximum absolute atomic E-state index is 12.3. The molecule has 0 aliphatic carbocycles. The highest BCUT2D eigenvalue weighted by atomic mass is 16.5. The summed E-state index contributed by atoms with van der Waals surface area (Å²) < 4.78 is 6.71. The van der Waals surface area contributed by atoms with Crippen molar-refractivity contribution < 1.29 is 9.84 Å². The van der Waals surface area contributed by atoms with E-state index >= 15 is 0 Å². The Bertz CT molecular complexity index is 893. The minimum absolute atomic E-state index is 0.0491. The number of ether oxygens (including phenoxy) is 1. The topological polar surface area (TPSA) is 96.7 Å². The minimum atomic E-state index is -0.644. The summed E-state index contributed by atoms with van der Waals surface area (Å²) in [4.78, 5) is 31.3. The zero-order valence-electron chi connectivity index (χ0n) is 14.8. The summed E-state index contributed by atoms with van der Waals surface area (Å²) >= 11 is 0. The van der Waals surface area contributed by atoms with Gasteiger partial charge in [-0.1, -0.05) is 37.3 Å². The van der Waals surface area contributed by atoms with E-state index in [1.54, 1.807) is 0 Å². The second kappa shape index (κ2) is 8.14. The first-order valence-corrected chi connectivity index (χ1v) is 8.85. The van der Waals surface area contributed by atoms with Crippen molar-refractivity contribution in [3.63, 3.8) is 0 Å². The number of aromatic amines is 1. The third kappa shape index (κ3) is 3.94. The summed E-state index contributed by atoms with van der Waals surface area (Å²) in [6.07, 6.45) is 2.46. The molecule has 2 heterocycles. The fourth-order valence-corrected chi connectivity index (χ4v) is 3.10. The lowest BCUT2D eigenvalue weighted by atomic mass is 10.1. The van der Waals surface area contributed by atoms with Gasteiger partial charge in [0.1, 0.15) is 5.56 Å². The smallest absolute Gasteiger partial charge is 0.331 e. The van der Waals surface area contributed by atoms with Crippen LogP contribution in [0.4, 0.5) is 0 Å². The number of aromatic hydroxyl groups is 1. The largest absolute Gasteiger partial charge is 0.494 e. The molecule has 0 amide bonds. The van der Waals surface area contributed by atoms with E-state index in [0.717, 1.165) is 29.6 Å². The summed E-state index contributed by atoms with van der Waals surface area (Å²) in [5.41, 5.74) is 0.110. The molecular weight excluding hydrogens is 334 g/mol. The lowest BCUT2D eigenvalue weighted by molar-refractivity contribution is 0.118. The zero-order valence-corrected chi connectivity index (χ0v) is 14.8. The van der Waals surface area contributed by atoms with Gasteiger partial charge in [0.25, 0.3) is 5.56 Å². The Morgan fingerprint density at radius 3 is 2.77 bits per heavy atom. The van der Waals surface area contributed by atoms with Gasteiger partial charge in [-0.05, 0) is 24.8 Å². The molecule has 0 bridgehead atoms. The summed E-state index contributed by atoms with van der Waals surface area (Å²) in [6, 6.07) is 9.28. The van der Waals surface area contributed by atoms with Gasteiger partial charge in [-0.2, -0.15) is 0 Å². The first-order valence-electron chi connectivity index (χ1n) is 8.85. The average Bonchev–Trinajstić information content (AvgIpc) is 3.15. The van der Waals surface area contributed by atoms with E-state index in [9.17, 15) is 14.7 Å². The van der Waals surface area contributed by atoms with Crippen LogP contribution in [0.15, 0.2) is 44.9 Å². The van der Waals surface area contributed by atoms with Crippen molar-refractivity contribution >= 4 is 5.71 Å². The summed E-state index contributed by atoms with van der Waals surface area (Å²) in [5.74, 6) is -0.351. The minimum Gasteiger partial charge on any atom is -0.494 e. The van der Waals surface area contributed by atoms with Gasteiger partial charge in [-0.15, -0.1) is 0 Å². The molecule has 2 aromatic rings. The first-order chi connectivity index (χ1) is 12.6. The lowest BCUT2D eigenvalue weighted by Gasteiger charge is -2.13. The van der Waals surface area contributed by atoms with Crippen LogP contribution in [0.5, 0.6) is 5.88 Å². The predicted octanol–water partition coefficient (Wildman–Crippen LogP) is 1.67. The molecular formula is C19H23N3O4. The van der Waals surface area contributed by atoms with Crippen LogP contribution >= 0.6 is 0 Å². The van der Waals surface area contributed by atoms with Gasteiger partial charge >= 0.3 is 5.69 Å². The second-order valence-corrected chi connectivity index (χ2v) is 6.31. The SMILES string of the molecule is CCC(=NC[C@@H]1CCCO1)c1c(O)n(Cc2ccccc2)c(=O)[nH]c1=O. The molecule has 7 heteroatoms. The Hall–Kier alpha value is -2.67. The Labute approximate surface area is 151 Å². The van der Waals surface area contributed by atoms with Crippen LogP contribution in [0.2, 0.25) is 0 Å². The van der Waals surface area contributed by atoms with Crippen molar-refractivity contribution in [3.8, 4) is 5.88 Å². The predicted molar refractivity (Wildman–Crippen MR) is 99.2 cm³/mol. The van der Waals surface area contributed by atoms with Crippen LogP contribution in [0.3, 0.4) is 0 Å². The Morgan fingerprint density at radius 2 is 2.12 bits per heavy atom. The molecule has 1 aromatic heterocycles. The van der Waals surface area contributed by atoms with Crippen molar-refractivity contribution in [1.29, 1.82) is 0 Å². The molecule has 1 aliphatic rings. The van der Waals surface area contributed by atoms with E-state index < -0.39 is 11.2 Å². The number of nitrogens with one attached hydrogen (secondary N) is 1. The van der Waals surface area contributed by atoms with Crippen LogP contribution in [0.1, 0.15) is 37.3 Å². The van der Waals surface area contributed by atoms with E-state index in [1.165, 1.54) is 0 Å². The fourth-order valence-electron chi connectivity index (χ4n) is 3.10. The van der Waals surface area contributed by atoms with Crippen LogP contribution < -0.4 is 11.2 Å². The molecule has 1 atom stereocenters. The highest BCUT2D eigenvalue weighted by Gasteiger charge is 2.20. The summed E-state index contributed by atoms with van der Waals surface area (Å²) in [7, 11) is 0.